The zero-order chi connectivity index (χ0) is 20.6. The van der Waals surface area contributed by atoms with Gasteiger partial charge in [-0.05, 0) is 36.4 Å². The van der Waals surface area contributed by atoms with Gasteiger partial charge in [0.05, 0.1) is 26.2 Å². The molecule has 0 aliphatic carbocycles. The van der Waals surface area contributed by atoms with Crippen LogP contribution in [-0.4, -0.2) is 50.5 Å². The Balaban J connectivity index is 1.22. The Morgan fingerprint density at radius 3 is 2.17 bits per heavy atom. The van der Waals surface area contributed by atoms with Crippen LogP contribution in [0.3, 0.4) is 0 Å². The molecule has 0 amide bonds. The average Bonchev–Trinajstić information content (AvgIpc) is 2.80. The number of para-hydroxylation sites is 2. The molecule has 3 aromatic rings. The number of aliphatic hydroxyl groups is 1. The second-order valence-corrected chi connectivity index (χ2v) is 7.63. The summed E-state index contributed by atoms with van der Waals surface area (Å²) in [4.78, 5) is 3.82. The van der Waals surface area contributed by atoms with Crippen LogP contribution in [0, 0.1) is 0 Å². The number of piperazine rings is 1. The van der Waals surface area contributed by atoms with E-state index >= 15 is 0 Å². The van der Waals surface area contributed by atoms with Crippen molar-refractivity contribution in [2.24, 2.45) is 0 Å². The van der Waals surface area contributed by atoms with Crippen LogP contribution in [0.15, 0.2) is 84.9 Å². The van der Waals surface area contributed by atoms with Gasteiger partial charge in [-0.1, -0.05) is 42.5 Å². The van der Waals surface area contributed by atoms with Gasteiger partial charge in [0.25, 0.3) is 0 Å². The lowest BCUT2D eigenvalue weighted by Crippen LogP contribution is -3.16. The summed E-state index contributed by atoms with van der Waals surface area (Å²) < 4.78 is 11.7. The Morgan fingerprint density at radius 1 is 0.800 bits per heavy atom. The fourth-order valence-electron chi connectivity index (χ4n) is 3.76. The molecule has 5 heteroatoms. The number of benzene rings is 3. The summed E-state index contributed by atoms with van der Waals surface area (Å²) >= 11 is 0. The van der Waals surface area contributed by atoms with E-state index in [1.807, 2.05) is 60.7 Å². The third kappa shape index (κ3) is 5.75. The van der Waals surface area contributed by atoms with Gasteiger partial charge in [-0.3, -0.25) is 0 Å². The van der Waals surface area contributed by atoms with Gasteiger partial charge >= 0.3 is 0 Å². The van der Waals surface area contributed by atoms with Crippen molar-refractivity contribution in [2.75, 3.05) is 44.2 Å². The molecule has 2 N–H and O–H groups in total. The second-order valence-electron chi connectivity index (χ2n) is 7.63. The molecule has 1 fully saturated rings. The van der Waals surface area contributed by atoms with Gasteiger partial charge in [0.15, 0.2) is 0 Å². The minimum atomic E-state index is -0.498. The van der Waals surface area contributed by atoms with Gasteiger partial charge in [0.2, 0.25) is 0 Å². The molecule has 156 valence electrons. The van der Waals surface area contributed by atoms with Crippen LogP contribution in [-0.2, 0) is 0 Å². The molecule has 0 spiro atoms. The number of hydrogen-bond donors (Lipinski definition) is 2. The van der Waals surface area contributed by atoms with E-state index in [1.54, 1.807) is 0 Å². The summed E-state index contributed by atoms with van der Waals surface area (Å²) in [7, 11) is 0. The molecule has 1 aliphatic heterocycles. The first-order chi connectivity index (χ1) is 14.8. The normalized spacial score (nSPS) is 15.6. The lowest BCUT2D eigenvalue weighted by atomic mass is 10.2. The van der Waals surface area contributed by atoms with E-state index in [0.29, 0.717) is 12.3 Å². The van der Waals surface area contributed by atoms with Gasteiger partial charge < -0.3 is 24.4 Å². The first kappa shape index (κ1) is 20.3. The Labute approximate surface area is 178 Å². The van der Waals surface area contributed by atoms with Crippen molar-refractivity contribution in [3.05, 3.63) is 84.9 Å². The second kappa shape index (κ2) is 10.1. The van der Waals surface area contributed by atoms with Crippen molar-refractivity contribution in [3.8, 4) is 17.2 Å². The Bertz CT molecular complexity index is 897. The molecule has 0 saturated carbocycles. The maximum atomic E-state index is 10.5. The largest absolute Gasteiger partial charge is 0.491 e. The van der Waals surface area contributed by atoms with Crippen molar-refractivity contribution in [3.63, 3.8) is 0 Å². The van der Waals surface area contributed by atoms with Gasteiger partial charge in [-0.25, -0.2) is 0 Å². The third-order valence-electron chi connectivity index (χ3n) is 5.34. The Kier molecular flexibility index (Phi) is 6.85. The number of nitrogens with zero attached hydrogens (tertiary/aromatic N) is 1. The van der Waals surface area contributed by atoms with E-state index in [9.17, 15) is 5.11 Å². The molecule has 0 bridgehead atoms. The zero-order valence-electron chi connectivity index (χ0n) is 17.1. The summed E-state index contributed by atoms with van der Waals surface area (Å²) in [5, 5.41) is 10.5. The van der Waals surface area contributed by atoms with E-state index in [1.165, 1.54) is 10.6 Å². The molecule has 0 unspecified atom stereocenters. The molecule has 5 nitrogen and oxygen atoms in total. The molecule has 30 heavy (non-hydrogen) atoms. The summed E-state index contributed by atoms with van der Waals surface area (Å²) in [6, 6.07) is 27.7. The molecule has 3 aromatic carbocycles. The molecule has 0 aromatic heterocycles. The van der Waals surface area contributed by atoms with Crippen LogP contribution in [0.25, 0.3) is 0 Å². The standard InChI is InChI=1S/C25H28N2O3/c28-22(19-26-14-16-27(17-15-26)21-8-3-1-4-9-21)20-29-24-12-7-13-25(18-24)30-23-10-5-2-6-11-23/h1-13,18,22,28H,14-17,19-20H2/p+1/t22-/m0/s1. The average molecular weight is 406 g/mol. The van der Waals surface area contributed by atoms with Gasteiger partial charge in [0.1, 0.15) is 36.5 Å². The molecular formula is C25H29N2O3+. The first-order valence-corrected chi connectivity index (χ1v) is 10.5. The maximum absolute atomic E-state index is 10.5. The predicted molar refractivity (Wildman–Crippen MR) is 119 cm³/mol. The molecule has 1 atom stereocenters. The topological polar surface area (TPSA) is 46.4 Å². The SMILES string of the molecule is O[C@H](COc1cccc(Oc2ccccc2)c1)C[NH+]1CCN(c2ccccc2)CC1. The maximum Gasteiger partial charge on any atom is 0.137 e. The number of rotatable bonds is 8. The minimum absolute atomic E-state index is 0.278. The van der Waals surface area contributed by atoms with E-state index < -0.39 is 6.10 Å². The smallest absolute Gasteiger partial charge is 0.137 e. The highest BCUT2D eigenvalue weighted by Gasteiger charge is 2.22. The summed E-state index contributed by atoms with van der Waals surface area (Å²) in [6.07, 6.45) is -0.498. The number of nitrogens with one attached hydrogen (secondary N) is 1. The highest BCUT2D eigenvalue weighted by molar-refractivity contribution is 5.46. The molecule has 0 radical (unpaired) electrons. The lowest BCUT2D eigenvalue weighted by molar-refractivity contribution is -0.903. The van der Waals surface area contributed by atoms with Crippen LogP contribution in [0.5, 0.6) is 17.2 Å². The molecule has 1 heterocycles. The van der Waals surface area contributed by atoms with Crippen LogP contribution >= 0.6 is 0 Å². The van der Waals surface area contributed by atoms with Crippen molar-refractivity contribution in [1.82, 2.24) is 0 Å². The van der Waals surface area contributed by atoms with E-state index in [4.69, 9.17) is 9.47 Å². The molecule has 4 rings (SSSR count). The lowest BCUT2D eigenvalue weighted by Gasteiger charge is -2.34. The van der Waals surface area contributed by atoms with E-state index in [2.05, 4.69) is 29.2 Å². The van der Waals surface area contributed by atoms with E-state index in [-0.39, 0.29) is 6.61 Å². The van der Waals surface area contributed by atoms with Gasteiger partial charge in [0, 0.05) is 11.8 Å². The fourth-order valence-corrected chi connectivity index (χ4v) is 3.76. The quantitative estimate of drug-likeness (QED) is 0.605. The summed E-state index contributed by atoms with van der Waals surface area (Å²) in [6.45, 7) is 5.03. The highest BCUT2D eigenvalue weighted by atomic mass is 16.5. The van der Waals surface area contributed by atoms with Crippen molar-refractivity contribution < 1.29 is 19.5 Å². The number of quaternary nitrogens is 1. The number of aliphatic hydroxyl groups excluding tert-OH is 1. The van der Waals surface area contributed by atoms with Crippen molar-refractivity contribution in [2.45, 2.75) is 6.10 Å². The predicted octanol–water partition coefficient (Wildman–Crippen LogP) is 2.62. The van der Waals surface area contributed by atoms with Gasteiger partial charge in [-0.2, -0.15) is 0 Å². The minimum Gasteiger partial charge on any atom is -0.491 e. The van der Waals surface area contributed by atoms with Crippen molar-refractivity contribution in [1.29, 1.82) is 0 Å². The first-order valence-electron chi connectivity index (χ1n) is 10.5. The monoisotopic (exact) mass is 405 g/mol. The van der Waals surface area contributed by atoms with Gasteiger partial charge in [-0.15, -0.1) is 0 Å². The summed E-state index contributed by atoms with van der Waals surface area (Å²) in [5.74, 6) is 2.20. The Morgan fingerprint density at radius 2 is 1.43 bits per heavy atom. The molecule has 1 saturated heterocycles. The van der Waals surface area contributed by atoms with Crippen molar-refractivity contribution >= 4 is 5.69 Å². The van der Waals surface area contributed by atoms with Crippen LogP contribution in [0.2, 0.25) is 0 Å². The number of ether oxygens (including phenoxy) is 2. The molecular weight excluding hydrogens is 376 g/mol. The summed E-state index contributed by atoms with van der Waals surface area (Å²) in [5.41, 5.74) is 1.28. The molecule has 1 aliphatic rings. The zero-order valence-corrected chi connectivity index (χ0v) is 17.1. The third-order valence-corrected chi connectivity index (χ3v) is 5.34. The van der Waals surface area contributed by atoms with Crippen LogP contribution in [0.1, 0.15) is 0 Å². The number of hydrogen-bond acceptors (Lipinski definition) is 4. The fraction of sp³-hybridized carbons (Fsp3) is 0.280. The van der Waals surface area contributed by atoms with Crippen LogP contribution in [0.4, 0.5) is 5.69 Å². The highest BCUT2D eigenvalue weighted by Crippen LogP contribution is 2.25. The van der Waals surface area contributed by atoms with E-state index in [0.717, 1.165) is 37.7 Å². The Hall–Kier alpha value is -3.02. The number of anilines is 1. The van der Waals surface area contributed by atoms with Crippen LogP contribution < -0.4 is 19.3 Å².